The number of allylic oxidation sites excluding steroid dienone is 2. The third kappa shape index (κ3) is 6.10. The van der Waals surface area contributed by atoms with Crippen LogP contribution in [0.15, 0.2) is 89.1 Å². The Morgan fingerprint density at radius 1 is 0.905 bits per heavy atom. The van der Waals surface area contributed by atoms with Crippen LogP contribution >= 0.6 is 0 Å². The van der Waals surface area contributed by atoms with Gasteiger partial charge in [-0.05, 0) is 66.6 Å². The molecule has 3 aromatic rings. The second-order valence-electron chi connectivity index (χ2n) is 10.7. The number of methoxy groups -OCH3 is 2. The Bertz CT molecular complexity index is 1510. The molecule has 1 aliphatic heterocycles. The number of Topliss-reactive ketones (excluding diaryl/α,β-unsaturated/α-hetero) is 1. The van der Waals surface area contributed by atoms with Gasteiger partial charge in [-0.3, -0.25) is 14.6 Å². The summed E-state index contributed by atoms with van der Waals surface area (Å²) in [5, 5.41) is 0. The average Bonchev–Trinajstić information content (AvgIpc) is 3.02. The summed E-state index contributed by atoms with van der Waals surface area (Å²) in [6.07, 6.45) is 1.59. The van der Waals surface area contributed by atoms with Gasteiger partial charge in [-0.1, -0.05) is 55.5 Å². The van der Waals surface area contributed by atoms with Crippen molar-refractivity contribution in [1.29, 1.82) is 0 Å². The molecule has 42 heavy (non-hydrogen) atoms. The predicted octanol–water partition coefficient (Wildman–Crippen LogP) is 6.81. The third-order valence-electron chi connectivity index (χ3n) is 7.94. The van der Waals surface area contributed by atoms with Crippen molar-refractivity contribution in [2.45, 2.75) is 51.6 Å². The molecule has 0 radical (unpaired) electrons. The van der Waals surface area contributed by atoms with Gasteiger partial charge >= 0.3 is 5.97 Å². The summed E-state index contributed by atoms with van der Waals surface area (Å²) in [5.74, 6) is 0.277. The summed E-state index contributed by atoms with van der Waals surface area (Å²) in [6.45, 7) is 4.54. The van der Waals surface area contributed by atoms with E-state index < -0.39 is 11.8 Å². The molecule has 0 bridgehead atoms. The first-order chi connectivity index (χ1) is 20.4. The largest absolute Gasteiger partial charge is 0.493 e. The van der Waals surface area contributed by atoms with Crippen molar-refractivity contribution in [2.24, 2.45) is 10.9 Å². The van der Waals surface area contributed by atoms with Gasteiger partial charge in [0.05, 0.1) is 20.8 Å². The van der Waals surface area contributed by atoms with E-state index in [4.69, 9.17) is 23.9 Å². The molecule has 7 heteroatoms. The molecular weight excluding hydrogens is 530 g/mol. The van der Waals surface area contributed by atoms with Crippen molar-refractivity contribution >= 4 is 17.5 Å². The highest BCUT2D eigenvalue weighted by molar-refractivity contribution is 6.09. The van der Waals surface area contributed by atoms with E-state index in [2.05, 4.69) is 0 Å². The van der Waals surface area contributed by atoms with Crippen LogP contribution in [0.1, 0.15) is 61.6 Å². The van der Waals surface area contributed by atoms with Crippen LogP contribution in [0.2, 0.25) is 0 Å². The number of ether oxygens (including phenoxy) is 4. The van der Waals surface area contributed by atoms with Crippen LogP contribution in [-0.4, -0.2) is 38.3 Å². The molecule has 1 aliphatic carbocycles. The Labute approximate surface area is 247 Å². The molecule has 7 nitrogen and oxygen atoms in total. The van der Waals surface area contributed by atoms with Crippen LogP contribution in [0.4, 0.5) is 0 Å². The summed E-state index contributed by atoms with van der Waals surface area (Å²) < 4.78 is 22.7. The van der Waals surface area contributed by atoms with Crippen molar-refractivity contribution < 1.29 is 28.5 Å². The molecule has 5 rings (SSSR count). The first-order valence-corrected chi connectivity index (χ1v) is 14.4. The molecule has 2 aliphatic rings. The minimum absolute atomic E-state index is 0.0128. The highest BCUT2D eigenvalue weighted by Crippen LogP contribution is 2.48. The Kier molecular flexibility index (Phi) is 9.06. The Morgan fingerprint density at radius 2 is 1.69 bits per heavy atom. The highest BCUT2D eigenvalue weighted by Gasteiger charge is 2.45. The Hall–Kier alpha value is -4.39. The van der Waals surface area contributed by atoms with Crippen LogP contribution in [0, 0.1) is 5.92 Å². The monoisotopic (exact) mass is 567 g/mol. The molecule has 3 atom stereocenters. The third-order valence-corrected chi connectivity index (χ3v) is 7.94. The van der Waals surface area contributed by atoms with E-state index in [0.717, 1.165) is 22.4 Å². The summed E-state index contributed by atoms with van der Waals surface area (Å²) in [5.41, 5.74) is 4.84. The fourth-order valence-electron chi connectivity index (χ4n) is 5.90. The minimum atomic E-state index is -0.693. The molecule has 3 aromatic carbocycles. The lowest BCUT2D eigenvalue weighted by atomic mass is 9.69. The van der Waals surface area contributed by atoms with E-state index in [-0.39, 0.29) is 17.7 Å². The van der Waals surface area contributed by atoms with Gasteiger partial charge in [-0.2, -0.15) is 0 Å². The van der Waals surface area contributed by atoms with E-state index in [0.29, 0.717) is 61.0 Å². The molecule has 0 amide bonds. The van der Waals surface area contributed by atoms with E-state index in [9.17, 15) is 9.59 Å². The lowest BCUT2D eigenvalue weighted by Crippen LogP contribution is -2.38. The number of nitrogens with zero attached hydrogens (tertiary/aromatic N) is 1. The first kappa shape index (κ1) is 29.1. The van der Waals surface area contributed by atoms with Gasteiger partial charge in [0.1, 0.15) is 18.3 Å². The van der Waals surface area contributed by atoms with Gasteiger partial charge in [0.2, 0.25) is 0 Å². The van der Waals surface area contributed by atoms with E-state index in [1.165, 1.54) is 0 Å². The van der Waals surface area contributed by atoms with Crippen LogP contribution in [0.3, 0.4) is 0 Å². The zero-order valence-electron chi connectivity index (χ0n) is 24.6. The Balaban J connectivity index is 1.51. The van der Waals surface area contributed by atoms with Crippen molar-refractivity contribution in [3.05, 3.63) is 101 Å². The number of benzene rings is 3. The SMILES string of the molecule is CCCOC(=O)C1C(C)=NC2=C(C(=O)C[C@@H](c3ccc(OC)c(OC)c3)C2)[C@H]1c1cccc(OCc2ccccc2)c1. The molecule has 218 valence electrons. The fourth-order valence-corrected chi connectivity index (χ4v) is 5.90. The molecular formula is C35H37NO6. The number of hydrogen-bond donors (Lipinski definition) is 0. The highest BCUT2D eigenvalue weighted by atomic mass is 16.5. The summed E-state index contributed by atoms with van der Waals surface area (Å²) in [4.78, 5) is 32.3. The molecule has 0 aromatic heterocycles. The van der Waals surface area contributed by atoms with Gasteiger partial charge in [-0.15, -0.1) is 0 Å². The zero-order valence-corrected chi connectivity index (χ0v) is 24.6. The van der Waals surface area contributed by atoms with Gasteiger partial charge < -0.3 is 18.9 Å². The Morgan fingerprint density at radius 3 is 2.43 bits per heavy atom. The smallest absolute Gasteiger partial charge is 0.315 e. The summed E-state index contributed by atoms with van der Waals surface area (Å²) >= 11 is 0. The number of carbonyl (C=O) groups excluding carboxylic acids is 2. The maximum atomic E-state index is 14.0. The molecule has 0 N–H and O–H groups in total. The molecule has 0 spiro atoms. The zero-order chi connectivity index (χ0) is 29.6. The predicted molar refractivity (Wildman–Crippen MR) is 161 cm³/mol. The standard InChI is InChI=1S/C35H37NO6/c1-5-16-41-35(38)32-22(2)36-28-18-26(24-14-15-30(39-3)31(20-24)40-4)19-29(37)34(28)33(32)25-12-9-13-27(17-25)42-21-23-10-7-6-8-11-23/h6-15,17,20,26,32-33H,5,16,18-19,21H2,1-4H3/t26-,32?,33-/m0/s1. The number of rotatable bonds is 10. The van der Waals surface area contributed by atoms with E-state index >= 15 is 0 Å². The van der Waals surface area contributed by atoms with E-state index in [1.807, 2.05) is 86.6 Å². The van der Waals surface area contributed by atoms with Crippen molar-refractivity contribution in [3.63, 3.8) is 0 Å². The van der Waals surface area contributed by atoms with Gasteiger partial charge in [0.25, 0.3) is 0 Å². The lowest BCUT2D eigenvalue weighted by molar-refractivity contribution is -0.146. The maximum absolute atomic E-state index is 14.0. The fraction of sp³-hybridized carbons (Fsp3) is 0.343. The number of hydrogen-bond acceptors (Lipinski definition) is 7. The summed E-state index contributed by atoms with van der Waals surface area (Å²) in [6, 6.07) is 23.4. The van der Waals surface area contributed by atoms with Gasteiger partial charge in [-0.25, -0.2) is 0 Å². The number of aliphatic imine (C=N–C) groups is 1. The second kappa shape index (κ2) is 13.1. The number of carbonyl (C=O) groups is 2. The lowest BCUT2D eigenvalue weighted by Gasteiger charge is -2.36. The maximum Gasteiger partial charge on any atom is 0.315 e. The average molecular weight is 568 g/mol. The molecule has 0 saturated heterocycles. The minimum Gasteiger partial charge on any atom is -0.493 e. The van der Waals surface area contributed by atoms with E-state index in [1.54, 1.807) is 14.2 Å². The molecule has 1 unspecified atom stereocenters. The quantitative estimate of drug-likeness (QED) is 0.250. The van der Waals surface area contributed by atoms with Gasteiger partial charge in [0, 0.05) is 29.3 Å². The van der Waals surface area contributed by atoms with Crippen molar-refractivity contribution in [3.8, 4) is 17.2 Å². The summed E-state index contributed by atoms with van der Waals surface area (Å²) in [7, 11) is 3.20. The van der Waals surface area contributed by atoms with Crippen molar-refractivity contribution in [2.75, 3.05) is 20.8 Å². The van der Waals surface area contributed by atoms with Crippen LogP contribution < -0.4 is 14.2 Å². The van der Waals surface area contributed by atoms with Crippen molar-refractivity contribution in [1.82, 2.24) is 0 Å². The normalized spacial score (nSPS) is 20.0. The van der Waals surface area contributed by atoms with Gasteiger partial charge in [0.15, 0.2) is 17.3 Å². The first-order valence-electron chi connectivity index (χ1n) is 14.4. The topological polar surface area (TPSA) is 83.4 Å². The molecule has 0 saturated carbocycles. The number of ketones is 1. The number of esters is 1. The molecule has 1 heterocycles. The van der Waals surface area contributed by atoms with Crippen LogP contribution in [0.25, 0.3) is 0 Å². The second-order valence-corrected chi connectivity index (χ2v) is 10.7. The molecule has 0 fully saturated rings. The van der Waals surface area contributed by atoms with Crippen LogP contribution in [0.5, 0.6) is 17.2 Å². The van der Waals surface area contributed by atoms with Crippen LogP contribution in [-0.2, 0) is 20.9 Å².